The Bertz CT molecular complexity index is 5690. The summed E-state index contributed by atoms with van der Waals surface area (Å²) >= 11 is 0. The van der Waals surface area contributed by atoms with E-state index in [1.165, 1.54) is 142 Å². The molecule has 13 aromatic carbocycles. The highest BCUT2D eigenvalue weighted by atomic mass is 14.9. The zero-order chi connectivity index (χ0) is 88.7. The number of hydrogen-bond donors (Lipinski definition) is 0. The number of nitrogens with zero attached hydrogens (tertiary/aromatic N) is 6. The molecule has 0 atom stereocenters. The Balaban J connectivity index is 0.000000451. The molecule has 18 aromatic rings. The van der Waals surface area contributed by atoms with Gasteiger partial charge in [-0.15, -0.1) is 0 Å². The lowest BCUT2D eigenvalue weighted by atomic mass is 9.97. The van der Waals surface area contributed by atoms with Crippen LogP contribution >= 0.6 is 0 Å². The quantitative estimate of drug-likeness (QED) is 0.112. The second kappa shape index (κ2) is 55.3. The van der Waals surface area contributed by atoms with Crippen LogP contribution in [-0.2, 0) is 14.1 Å². The number of fused-ring (bicyclic) bond motifs is 14. The molecule has 0 bridgehead atoms. The first-order valence-electron chi connectivity index (χ1n) is 43.9. The minimum absolute atomic E-state index is 0.839. The molecule has 118 heavy (non-hydrogen) atoms. The van der Waals surface area contributed by atoms with Crippen molar-refractivity contribution in [2.45, 2.75) is 222 Å². The van der Waals surface area contributed by atoms with Crippen molar-refractivity contribution in [1.82, 2.24) is 29.1 Å². The van der Waals surface area contributed by atoms with Crippen LogP contribution in [-0.4, -0.2) is 29.1 Å². The molecule has 0 saturated heterocycles. The van der Waals surface area contributed by atoms with Gasteiger partial charge in [-0.3, -0.25) is 9.97 Å². The minimum atomic E-state index is 0.839. The zero-order valence-electron chi connectivity index (χ0n) is 79.1. The standard InChI is InChI=1S/2C16H14.2C14H13N.2C11H11N.C10H10N2.10C2H6/c1-11-6-8-15-13(10-11)7-9-14-12(2)4-3-5-16(14)15;1-11-7-8-12(2)16-10-14-6-4-3-5-13(14)9-15(11)16;1-10-7-8-14-12(9-10)11-5-3-4-6-13(11)15(14)2;1-10-7-8-12-11-5-3-4-6-13(11)15(2)14(12)9-10;1-8-7-10-5-3-4-6-11(10)9(2)12-8;1-8-7-9(2)12-11-6-4-3-5-10(8)11;1-7-9-5-3-4-6-10(9)12-8(2)11-7;10*1-2/h2*3-10H,1-2H3;2*3-9H,1-2H3;2*3-7H,1-2H3;3-6H,1-2H3;10*1-2H3. The average Bonchev–Trinajstić information content (AvgIpc) is 1.52. The van der Waals surface area contributed by atoms with Crippen molar-refractivity contribution in [2.24, 2.45) is 14.1 Å². The largest absolute Gasteiger partial charge is 0.344 e. The minimum Gasteiger partial charge on any atom is -0.344 e. The second-order valence-electron chi connectivity index (χ2n) is 26.1. The molecule has 0 fully saturated rings. The summed E-state index contributed by atoms with van der Waals surface area (Å²) < 4.78 is 4.52. The topological polar surface area (TPSA) is 61.4 Å². The van der Waals surface area contributed by atoms with E-state index in [2.05, 4.69) is 323 Å². The molecular weight excluding hydrogens is 1430 g/mol. The summed E-state index contributed by atoms with van der Waals surface area (Å²) in [5.74, 6) is 0.839. The van der Waals surface area contributed by atoms with Crippen molar-refractivity contribution < 1.29 is 0 Å². The Morgan fingerprint density at radius 3 is 1.10 bits per heavy atom. The van der Waals surface area contributed by atoms with E-state index in [4.69, 9.17) is 0 Å². The third-order valence-electron chi connectivity index (χ3n) is 18.7. The maximum atomic E-state index is 4.44. The van der Waals surface area contributed by atoms with Gasteiger partial charge in [0, 0.05) is 96.6 Å². The van der Waals surface area contributed by atoms with Crippen molar-refractivity contribution in [3.05, 3.63) is 334 Å². The van der Waals surface area contributed by atoms with E-state index >= 15 is 0 Å². The summed E-state index contributed by atoms with van der Waals surface area (Å²) in [7, 11) is 4.25. The second-order valence-corrected chi connectivity index (χ2v) is 26.1. The molecule has 0 radical (unpaired) electrons. The maximum Gasteiger partial charge on any atom is 0.126 e. The summed E-state index contributed by atoms with van der Waals surface area (Å²) in [6.07, 6.45) is 0. The number of benzene rings is 13. The monoisotopic (exact) mass is 1580 g/mol. The van der Waals surface area contributed by atoms with Crippen molar-refractivity contribution in [3.8, 4) is 0 Å². The molecule has 0 saturated carbocycles. The fraction of sp³-hybridized carbons (Fsp3) is 0.304. The Morgan fingerprint density at radius 2 is 0.551 bits per heavy atom. The predicted octanol–water partition coefficient (Wildman–Crippen LogP) is 34.7. The Hall–Kier alpha value is -11.3. The molecule has 0 unspecified atom stereocenters. The highest BCUT2D eigenvalue weighted by Crippen LogP contribution is 2.33. The molecule has 0 aliphatic heterocycles. The zero-order valence-corrected chi connectivity index (χ0v) is 79.1. The van der Waals surface area contributed by atoms with E-state index in [0.29, 0.717) is 0 Å². The van der Waals surface area contributed by atoms with Gasteiger partial charge in [0.15, 0.2) is 0 Å². The number of para-hydroxylation sites is 4. The fourth-order valence-corrected chi connectivity index (χ4v) is 13.7. The summed E-state index contributed by atoms with van der Waals surface area (Å²) in [5.41, 5.74) is 21.0. The molecular formula is C112H146N6. The Kier molecular flexibility index (Phi) is 48.2. The molecule has 624 valence electrons. The maximum absolute atomic E-state index is 4.44. The van der Waals surface area contributed by atoms with Crippen LogP contribution in [0, 0.1) is 83.1 Å². The smallest absolute Gasteiger partial charge is 0.126 e. The van der Waals surface area contributed by atoms with E-state index in [0.717, 1.165) is 45.0 Å². The summed E-state index contributed by atoms with van der Waals surface area (Å²) in [6, 6.07) is 94.4. The third-order valence-corrected chi connectivity index (χ3v) is 18.7. The molecule has 0 aliphatic carbocycles. The van der Waals surface area contributed by atoms with Crippen LogP contribution in [0.3, 0.4) is 0 Å². The van der Waals surface area contributed by atoms with Crippen LogP contribution < -0.4 is 0 Å². The summed E-state index contributed by atoms with van der Waals surface area (Å²) in [6.45, 7) is 65.1. The first-order chi connectivity index (χ1) is 57.4. The van der Waals surface area contributed by atoms with Crippen molar-refractivity contribution in [1.29, 1.82) is 0 Å². The summed E-state index contributed by atoms with van der Waals surface area (Å²) in [5, 5.41) is 21.1. The predicted molar refractivity (Wildman–Crippen MR) is 537 cm³/mol. The molecule has 0 N–H and O–H groups in total. The highest BCUT2D eigenvalue weighted by Gasteiger charge is 2.10. The molecule has 6 heteroatoms. The average molecular weight is 1580 g/mol. The number of hydrogen-bond acceptors (Lipinski definition) is 4. The van der Waals surface area contributed by atoms with Crippen LogP contribution in [0.2, 0.25) is 0 Å². The Labute approximate surface area is 713 Å². The van der Waals surface area contributed by atoms with Gasteiger partial charge in [0.1, 0.15) is 5.82 Å². The number of rotatable bonds is 0. The molecule has 6 nitrogen and oxygen atoms in total. The molecule has 0 amide bonds. The molecule has 0 spiro atoms. The van der Waals surface area contributed by atoms with Crippen LogP contribution in [0.5, 0.6) is 0 Å². The van der Waals surface area contributed by atoms with Gasteiger partial charge in [0.05, 0.1) is 11.0 Å². The van der Waals surface area contributed by atoms with Crippen molar-refractivity contribution in [3.63, 3.8) is 0 Å². The number of aromatic nitrogens is 6. The van der Waals surface area contributed by atoms with E-state index in [1.807, 2.05) is 209 Å². The number of pyridine rings is 2. The number of aryl methyl sites for hydroxylation is 14. The van der Waals surface area contributed by atoms with Crippen molar-refractivity contribution in [2.75, 3.05) is 0 Å². The highest BCUT2D eigenvalue weighted by molar-refractivity contribution is 6.10. The van der Waals surface area contributed by atoms with E-state index in [9.17, 15) is 0 Å². The first-order valence-corrected chi connectivity index (χ1v) is 43.9. The van der Waals surface area contributed by atoms with Crippen LogP contribution in [0.4, 0.5) is 0 Å². The van der Waals surface area contributed by atoms with Crippen LogP contribution in [0.25, 0.3) is 119 Å². The van der Waals surface area contributed by atoms with Crippen molar-refractivity contribution >= 4 is 119 Å². The Morgan fingerprint density at radius 1 is 0.186 bits per heavy atom. The molecule has 0 aliphatic rings. The van der Waals surface area contributed by atoms with Gasteiger partial charge in [-0.05, 0) is 226 Å². The van der Waals surface area contributed by atoms with Gasteiger partial charge >= 0.3 is 0 Å². The first kappa shape index (κ1) is 103. The van der Waals surface area contributed by atoms with E-state index in [-0.39, 0.29) is 0 Å². The normalized spacial score (nSPS) is 9.61. The summed E-state index contributed by atoms with van der Waals surface area (Å²) in [4.78, 5) is 17.5. The van der Waals surface area contributed by atoms with Crippen LogP contribution in [0.1, 0.15) is 206 Å². The van der Waals surface area contributed by atoms with Gasteiger partial charge in [0.25, 0.3) is 0 Å². The van der Waals surface area contributed by atoms with Crippen LogP contribution in [0.15, 0.2) is 267 Å². The fourth-order valence-electron chi connectivity index (χ4n) is 13.7. The molecule has 5 aromatic heterocycles. The van der Waals surface area contributed by atoms with E-state index in [1.54, 1.807) is 0 Å². The lowest BCUT2D eigenvalue weighted by Gasteiger charge is -2.07. The van der Waals surface area contributed by atoms with Gasteiger partial charge in [0.2, 0.25) is 0 Å². The van der Waals surface area contributed by atoms with Gasteiger partial charge in [-0.1, -0.05) is 350 Å². The third kappa shape index (κ3) is 27.7. The SMILES string of the molecule is CC.CC.CC.CC.CC.CC.CC.CC.CC.CC.Cc1cc(C)c2ccccc2n1.Cc1cc2ccccc2c(C)n1.Cc1ccc(C)c2cc3ccccc3cc12.Cc1ccc2c(c1)c1ccccc1n2C.Cc1ccc2c(ccc3c(C)cccc32)c1.Cc1ccc2c3ccccc3n(C)c2c1.Cc1nc(C)c2ccccc2n1. The van der Waals surface area contributed by atoms with Gasteiger partial charge < -0.3 is 9.13 Å². The van der Waals surface area contributed by atoms with Gasteiger partial charge in [-0.25, -0.2) is 9.97 Å². The lowest BCUT2D eigenvalue weighted by Crippen LogP contribution is -1.92. The van der Waals surface area contributed by atoms with E-state index < -0.39 is 0 Å². The molecule has 5 heterocycles. The van der Waals surface area contributed by atoms with Gasteiger partial charge in [-0.2, -0.15) is 0 Å². The lowest BCUT2D eigenvalue weighted by molar-refractivity contribution is 1.01. The molecule has 18 rings (SSSR count).